The molecule has 92 valence electrons. The summed E-state index contributed by atoms with van der Waals surface area (Å²) in [6.45, 7) is 7.04. The maximum atomic E-state index is 11.0. The zero-order chi connectivity index (χ0) is 13.0. The predicted molar refractivity (Wildman–Crippen MR) is 69.1 cm³/mol. The third-order valence-corrected chi connectivity index (χ3v) is 2.26. The highest BCUT2D eigenvalue weighted by Crippen LogP contribution is 2.24. The molecule has 0 aliphatic rings. The molecule has 0 bridgehead atoms. The highest BCUT2D eigenvalue weighted by Gasteiger charge is 2.06. The van der Waals surface area contributed by atoms with E-state index in [1.807, 2.05) is 12.1 Å². The molecular weight excluding hydrogens is 216 g/mol. The van der Waals surface area contributed by atoms with E-state index in [2.05, 4.69) is 24.5 Å². The standard InChI is InChI=1S/C13H18N2O2/c1-8(2)11-5-12(14-9(3)16)7-13(6-11)15-10(4)17/h5-8H,1-4H3,(H,14,16)(H,15,17). The third kappa shape index (κ3) is 4.26. The largest absolute Gasteiger partial charge is 0.326 e. The monoisotopic (exact) mass is 234 g/mol. The first-order valence-electron chi connectivity index (χ1n) is 5.58. The molecule has 1 rings (SSSR count). The highest BCUT2D eigenvalue weighted by atomic mass is 16.2. The zero-order valence-corrected chi connectivity index (χ0v) is 10.6. The normalized spacial score (nSPS) is 10.2. The lowest BCUT2D eigenvalue weighted by Crippen LogP contribution is -2.09. The van der Waals surface area contributed by atoms with Crippen LogP contribution in [-0.4, -0.2) is 11.8 Å². The third-order valence-electron chi connectivity index (χ3n) is 2.26. The van der Waals surface area contributed by atoms with E-state index in [4.69, 9.17) is 0 Å². The van der Waals surface area contributed by atoms with E-state index in [0.29, 0.717) is 17.3 Å². The van der Waals surface area contributed by atoms with Crippen molar-refractivity contribution in [1.82, 2.24) is 0 Å². The van der Waals surface area contributed by atoms with E-state index in [-0.39, 0.29) is 11.8 Å². The maximum Gasteiger partial charge on any atom is 0.221 e. The molecule has 0 aliphatic carbocycles. The van der Waals surface area contributed by atoms with Crippen LogP contribution in [0.2, 0.25) is 0 Å². The van der Waals surface area contributed by atoms with Gasteiger partial charge in [-0.15, -0.1) is 0 Å². The lowest BCUT2D eigenvalue weighted by Gasteiger charge is -2.12. The highest BCUT2D eigenvalue weighted by molar-refractivity contribution is 5.92. The minimum Gasteiger partial charge on any atom is -0.326 e. The topological polar surface area (TPSA) is 58.2 Å². The summed E-state index contributed by atoms with van der Waals surface area (Å²) in [6, 6.07) is 5.57. The Kier molecular flexibility index (Phi) is 4.26. The number of amides is 2. The molecule has 0 saturated heterocycles. The Hall–Kier alpha value is -1.84. The Balaban J connectivity index is 3.08. The summed E-state index contributed by atoms with van der Waals surface area (Å²) in [7, 11) is 0. The van der Waals surface area contributed by atoms with E-state index in [1.165, 1.54) is 13.8 Å². The molecule has 0 radical (unpaired) electrons. The second-order valence-corrected chi connectivity index (χ2v) is 4.36. The Morgan fingerprint density at radius 3 is 1.65 bits per heavy atom. The van der Waals surface area contributed by atoms with Crippen LogP contribution >= 0.6 is 0 Å². The molecule has 2 N–H and O–H groups in total. The van der Waals surface area contributed by atoms with Crippen LogP contribution in [0.15, 0.2) is 18.2 Å². The van der Waals surface area contributed by atoms with Gasteiger partial charge in [-0.2, -0.15) is 0 Å². The summed E-state index contributed by atoms with van der Waals surface area (Å²) >= 11 is 0. The summed E-state index contributed by atoms with van der Waals surface area (Å²) in [6.07, 6.45) is 0. The van der Waals surface area contributed by atoms with Crippen molar-refractivity contribution >= 4 is 23.2 Å². The molecule has 0 aliphatic heterocycles. The van der Waals surface area contributed by atoms with Crippen LogP contribution in [-0.2, 0) is 9.59 Å². The van der Waals surface area contributed by atoms with Crippen molar-refractivity contribution < 1.29 is 9.59 Å². The van der Waals surface area contributed by atoms with Gasteiger partial charge in [0.25, 0.3) is 0 Å². The molecule has 1 aromatic carbocycles. The first-order chi connectivity index (χ1) is 7.88. The van der Waals surface area contributed by atoms with Gasteiger partial charge in [0, 0.05) is 25.2 Å². The Morgan fingerprint density at radius 2 is 1.35 bits per heavy atom. The Morgan fingerprint density at radius 1 is 0.941 bits per heavy atom. The van der Waals surface area contributed by atoms with Gasteiger partial charge in [-0.3, -0.25) is 9.59 Å². The number of hydrogen-bond acceptors (Lipinski definition) is 2. The van der Waals surface area contributed by atoms with Crippen molar-refractivity contribution in [3.63, 3.8) is 0 Å². The summed E-state index contributed by atoms with van der Waals surface area (Å²) in [5.74, 6) is 0.0792. The van der Waals surface area contributed by atoms with Crippen LogP contribution in [0.5, 0.6) is 0 Å². The lowest BCUT2D eigenvalue weighted by atomic mass is 10.0. The molecule has 0 heterocycles. The number of rotatable bonds is 3. The summed E-state index contributed by atoms with van der Waals surface area (Å²) in [4.78, 5) is 22.1. The molecule has 4 heteroatoms. The SMILES string of the molecule is CC(=O)Nc1cc(NC(C)=O)cc(C(C)C)c1. The van der Waals surface area contributed by atoms with Crippen molar-refractivity contribution in [1.29, 1.82) is 0 Å². The van der Waals surface area contributed by atoms with Crippen molar-refractivity contribution in [2.75, 3.05) is 10.6 Å². The van der Waals surface area contributed by atoms with Gasteiger partial charge in [0.05, 0.1) is 0 Å². The summed E-state index contributed by atoms with van der Waals surface area (Å²) < 4.78 is 0. The first kappa shape index (κ1) is 13.2. The average molecular weight is 234 g/mol. The Labute approximate surface area is 101 Å². The zero-order valence-electron chi connectivity index (χ0n) is 10.6. The van der Waals surface area contributed by atoms with Crippen LogP contribution in [0, 0.1) is 0 Å². The fourth-order valence-electron chi connectivity index (χ4n) is 1.54. The van der Waals surface area contributed by atoms with E-state index in [0.717, 1.165) is 5.56 Å². The van der Waals surface area contributed by atoms with Gasteiger partial charge in [-0.1, -0.05) is 13.8 Å². The minimum atomic E-state index is -0.125. The van der Waals surface area contributed by atoms with Crippen LogP contribution in [0.25, 0.3) is 0 Å². The van der Waals surface area contributed by atoms with Gasteiger partial charge in [0.15, 0.2) is 0 Å². The van der Waals surface area contributed by atoms with Crippen molar-refractivity contribution in [2.45, 2.75) is 33.6 Å². The second kappa shape index (κ2) is 5.48. The molecule has 4 nitrogen and oxygen atoms in total. The molecule has 17 heavy (non-hydrogen) atoms. The summed E-state index contributed by atoms with van der Waals surface area (Å²) in [5, 5.41) is 5.45. The van der Waals surface area contributed by atoms with E-state index < -0.39 is 0 Å². The second-order valence-electron chi connectivity index (χ2n) is 4.36. The van der Waals surface area contributed by atoms with Gasteiger partial charge >= 0.3 is 0 Å². The van der Waals surface area contributed by atoms with Crippen LogP contribution in [0.4, 0.5) is 11.4 Å². The average Bonchev–Trinajstić information content (AvgIpc) is 2.14. The number of carbonyl (C=O) groups is 2. The first-order valence-corrected chi connectivity index (χ1v) is 5.58. The molecule has 0 fully saturated rings. The number of benzene rings is 1. The molecule has 0 aromatic heterocycles. The van der Waals surface area contributed by atoms with Crippen LogP contribution in [0.3, 0.4) is 0 Å². The molecule has 0 atom stereocenters. The molecular formula is C13H18N2O2. The van der Waals surface area contributed by atoms with Crippen LogP contribution < -0.4 is 10.6 Å². The van der Waals surface area contributed by atoms with Gasteiger partial charge in [-0.05, 0) is 29.7 Å². The van der Waals surface area contributed by atoms with Crippen LogP contribution in [0.1, 0.15) is 39.2 Å². The predicted octanol–water partition coefficient (Wildman–Crippen LogP) is 2.73. The smallest absolute Gasteiger partial charge is 0.221 e. The van der Waals surface area contributed by atoms with Gasteiger partial charge < -0.3 is 10.6 Å². The molecule has 0 saturated carbocycles. The molecule has 1 aromatic rings. The molecule has 2 amide bonds. The van der Waals surface area contributed by atoms with E-state index in [9.17, 15) is 9.59 Å². The quantitative estimate of drug-likeness (QED) is 0.844. The molecule has 0 spiro atoms. The summed E-state index contributed by atoms with van der Waals surface area (Å²) in [5.41, 5.74) is 2.47. The number of nitrogens with one attached hydrogen (secondary N) is 2. The van der Waals surface area contributed by atoms with Crippen molar-refractivity contribution in [3.8, 4) is 0 Å². The van der Waals surface area contributed by atoms with Crippen molar-refractivity contribution in [2.24, 2.45) is 0 Å². The maximum absolute atomic E-state index is 11.0. The van der Waals surface area contributed by atoms with Gasteiger partial charge in [0.1, 0.15) is 0 Å². The fraction of sp³-hybridized carbons (Fsp3) is 0.385. The van der Waals surface area contributed by atoms with Gasteiger partial charge in [0.2, 0.25) is 11.8 Å². The number of carbonyl (C=O) groups excluding carboxylic acids is 2. The number of anilines is 2. The lowest BCUT2D eigenvalue weighted by molar-refractivity contribution is -0.115. The fourth-order valence-corrected chi connectivity index (χ4v) is 1.54. The minimum absolute atomic E-state index is 0.125. The molecule has 0 unspecified atom stereocenters. The number of hydrogen-bond donors (Lipinski definition) is 2. The van der Waals surface area contributed by atoms with Crippen molar-refractivity contribution in [3.05, 3.63) is 23.8 Å². The van der Waals surface area contributed by atoms with E-state index in [1.54, 1.807) is 6.07 Å². The van der Waals surface area contributed by atoms with E-state index >= 15 is 0 Å². The Bertz CT molecular complexity index is 405. The van der Waals surface area contributed by atoms with Gasteiger partial charge in [-0.25, -0.2) is 0 Å².